The minimum Gasteiger partial charge on any atom is -0.383 e. The summed E-state index contributed by atoms with van der Waals surface area (Å²) in [6.45, 7) is 6.76. The molecule has 0 aromatic heterocycles. The average Bonchev–Trinajstić information content (AvgIpc) is 3.10. The molecule has 1 fully saturated rings. The van der Waals surface area contributed by atoms with Crippen molar-refractivity contribution < 1.29 is 9.53 Å². The van der Waals surface area contributed by atoms with Crippen molar-refractivity contribution in [3.05, 3.63) is 0 Å². The van der Waals surface area contributed by atoms with E-state index in [-0.39, 0.29) is 5.91 Å². The first-order chi connectivity index (χ1) is 7.70. The van der Waals surface area contributed by atoms with Gasteiger partial charge in [0, 0.05) is 19.7 Å². The molecule has 4 heteroatoms. The van der Waals surface area contributed by atoms with Crippen molar-refractivity contribution in [2.24, 2.45) is 5.92 Å². The third-order valence-corrected chi connectivity index (χ3v) is 3.18. The van der Waals surface area contributed by atoms with E-state index in [1.54, 1.807) is 7.11 Å². The van der Waals surface area contributed by atoms with E-state index in [9.17, 15) is 4.79 Å². The Bertz CT molecular complexity index is 217. The number of methoxy groups -OCH3 is 1. The van der Waals surface area contributed by atoms with E-state index in [0.717, 1.165) is 6.54 Å². The fourth-order valence-corrected chi connectivity index (χ4v) is 1.91. The lowest BCUT2D eigenvalue weighted by atomic mass is 10.2. The quantitative estimate of drug-likeness (QED) is 0.670. The lowest BCUT2D eigenvalue weighted by Crippen LogP contribution is -2.45. The summed E-state index contributed by atoms with van der Waals surface area (Å²) in [6.07, 6.45) is 2.53. The molecule has 1 N–H and O–H groups in total. The molecule has 0 aliphatic heterocycles. The van der Waals surface area contributed by atoms with E-state index in [2.05, 4.69) is 12.2 Å². The molecule has 0 heterocycles. The number of rotatable bonds is 8. The van der Waals surface area contributed by atoms with Crippen LogP contribution in [0.4, 0.5) is 0 Å². The van der Waals surface area contributed by atoms with Gasteiger partial charge in [-0.25, -0.2) is 0 Å². The Hall–Kier alpha value is -0.610. The van der Waals surface area contributed by atoms with Crippen LogP contribution in [0.2, 0.25) is 0 Å². The lowest BCUT2D eigenvalue weighted by Gasteiger charge is -2.29. The predicted molar refractivity (Wildman–Crippen MR) is 64.3 cm³/mol. The molecule has 4 nitrogen and oxygen atoms in total. The minimum absolute atomic E-state index is 0.193. The van der Waals surface area contributed by atoms with Crippen LogP contribution in [0.25, 0.3) is 0 Å². The van der Waals surface area contributed by atoms with Crippen LogP contribution in [0.15, 0.2) is 0 Å². The summed E-state index contributed by atoms with van der Waals surface area (Å²) in [5.74, 6) is 0.903. The van der Waals surface area contributed by atoms with Gasteiger partial charge in [0.15, 0.2) is 0 Å². The molecule has 94 valence electrons. The molecule has 1 atom stereocenters. The molecule has 1 amide bonds. The molecule has 0 spiro atoms. The highest BCUT2D eigenvalue weighted by Gasteiger charge is 2.33. The molecule has 1 saturated carbocycles. The average molecular weight is 228 g/mol. The Balaban J connectivity index is 2.43. The Labute approximate surface area is 98.3 Å². The number of nitrogens with zero attached hydrogens (tertiary/aromatic N) is 1. The number of likely N-dealkylation sites (N-methyl/N-ethyl adjacent to an activating group) is 1. The molecule has 1 rings (SSSR count). The summed E-state index contributed by atoms with van der Waals surface area (Å²) in [7, 11) is 1.68. The van der Waals surface area contributed by atoms with Crippen molar-refractivity contribution >= 4 is 5.91 Å². The van der Waals surface area contributed by atoms with Crippen LogP contribution >= 0.6 is 0 Å². The normalized spacial score (nSPS) is 17.2. The number of hydrogen-bond acceptors (Lipinski definition) is 3. The summed E-state index contributed by atoms with van der Waals surface area (Å²) in [4.78, 5) is 14.0. The summed E-state index contributed by atoms with van der Waals surface area (Å²) in [5.41, 5.74) is 0. The topological polar surface area (TPSA) is 41.6 Å². The molecule has 16 heavy (non-hydrogen) atoms. The van der Waals surface area contributed by atoms with Gasteiger partial charge in [-0.1, -0.05) is 6.92 Å². The van der Waals surface area contributed by atoms with Gasteiger partial charge in [-0.15, -0.1) is 0 Å². The van der Waals surface area contributed by atoms with Crippen molar-refractivity contribution in [2.75, 3.05) is 33.4 Å². The second kappa shape index (κ2) is 6.86. The fraction of sp³-hybridized carbons (Fsp3) is 0.917. The van der Waals surface area contributed by atoms with E-state index in [1.807, 2.05) is 11.8 Å². The minimum atomic E-state index is 0.193. The van der Waals surface area contributed by atoms with Crippen LogP contribution in [0.1, 0.15) is 26.7 Å². The summed E-state index contributed by atoms with van der Waals surface area (Å²) < 4.78 is 5.06. The van der Waals surface area contributed by atoms with Crippen LogP contribution in [-0.2, 0) is 9.53 Å². The summed E-state index contributed by atoms with van der Waals surface area (Å²) >= 11 is 0. The second-order valence-electron chi connectivity index (χ2n) is 4.44. The molecule has 0 bridgehead atoms. The molecule has 1 aliphatic carbocycles. The third-order valence-electron chi connectivity index (χ3n) is 3.18. The smallest absolute Gasteiger partial charge is 0.236 e. The maximum absolute atomic E-state index is 12.0. The number of hydrogen-bond donors (Lipinski definition) is 1. The van der Waals surface area contributed by atoms with E-state index < -0.39 is 0 Å². The van der Waals surface area contributed by atoms with Gasteiger partial charge in [-0.2, -0.15) is 0 Å². The molecule has 0 aromatic rings. The highest BCUT2D eigenvalue weighted by Crippen LogP contribution is 2.35. The van der Waals surface area contributed by atoms with Crippen molar-refractivity contribution in [1.82, 2.24) is 10.2 Å². The zero-order chi connectivity index (χ0) is 12.0. The first kappa shape index (κ1) is 13.5. The summed E-state index contributed by atoms with van der Waals surface area (Å²) in [5, 5.41) is 3.09. The van der Waals surface area contributed by atoms with Crippen LogP contribution < -0.4 is 5.32 Å². The molecular formula is C12H24N2O2. The molecule has 1 unspecified atom stereocenters. The van der Waals surface area contributed by atoms with Gasteiger partial charge < -0.3 is 15.0 Å². The van der Waals surface area contributed by atoms with Crippen LogP contribution in [-0.4, -0.2) is 50.2 Å². The van der Waals surface area contributed by atoms with E-state index in [1.165, 1.54) is 12.8 Å². The number of amides is 1. The first-order valence-electron chi connectivity index (χ1n) is 6.19. The van der Waals surface area contributed by atoms with Crippen LogP contribution in [0, 0.1) is 5.92 Å². The van der Waals surface area contributed by atoms with E-state index in [0.29, 0.717) is 31.7 Å². The zero-order valence-electron chi connectivity index (χ0n) is 10.7. The maximum Gasteiger partial charge on any atom is 0.236 e. The Morgan fingerprint density at radius 1 is 1.56 bits per heavy atom. The van der Waals surface area contributed by atoms with Crippen molar-refractivity contribution in [3.63, 3.8) is 0 Å². The monoisotopic (exact) mass is 228 g/mol. The lowest BCUT2D eigenvalue weighted by molar-refractivity contribution is -0.133. The molecular weight excluding hydrogens is 204 g/mol. The molecule has 0 saturated heterocycles. The summed E-state index contributed by atoms with van der Waals surface area (Å²) in [6, 6.07) is 0.362. The number of carbonyl (C=O) groups is 1. The number of carbonyl (C=O) groups excluding carboxylic acids is 1. The highest BCUT2D eigenvalue weighted by atomic mass is 16.5. The van der Waals surface area contributed by atoms with Gasteiger partial charge in [0.05, 0.1) is 13.2 Å². The van der Waals surface area contributed by atoms with Gasteiger partial charge >= 0.3 is 0 Å². The molecule has 0 aromatic carbocycles. The Morgan fingerprint density at radius 3 is 2.75 bits per heavy atom. The largest absolute Gasteiger partial charge is 0.383 e. The van der Waals surface area contributed by atoms with E-state index in [4.69, 9.17) is 4.74 Å². The Morgan fingerprint density at radius 2 is 2.25 bits per heavy atom. The van der Waals surface area contributed by atoms with Crippen molar-refractivity contribution in [2.45, 2.75) is 32.7 Å². The van der Waals surface area contributed by atoms with Gasteiger partial charge in [-0.05, 0) is 32.2 Å². The van der Waals surface area contributed by atoms with E-state index >= 15 is 0 Å². The van der Waals surface area contributed by atoms with Crippen molar-refractivity contribution in [1.29, 1.82) is 0 Å². The highest BCUT2D eigenvalue weighted by molar-refractivity contribution is 5.78. The van der Waals surface area contributed by atoms with Gasteiger partial charge in [-0.3, -0.25) is 4.79 Å². The number of ether oxygens (including phenoxy) is 1. The SMILES string of the molecule is CCNCC(=O)N(CCOC)C(C)C1CC1. The number of nitrogens with one attached hydrogen (secondary N) is 1. The third kappa shape index (κ3) is 4.10. The van der Waals surface area contributed by atoms with Crippen molar-refractivity contribution in [3.8, 4) is 0 Å². The first-order valence-corrected chi connectivity index (χ1v) is 6.19. The van der Waals surface area contributed by atoms with Gasteiger partial charge in [0.25, 0.3) is 0 Å². The second-order valence-corrected chi connectivity index (χ2v) is 4.44. The predicted octanol–water partition coefficient (Wildman–Crippen LogP) is 0.869. The standard InChI is InChI=1S/C12H24N2O2/c1-4-13-9-12(15)14(7-8-16-3)10(2)11-5-6-11/h10-11,13H,4-9H2,1-3H3. The van der Waals surface area contributed by atoms with Gasteiger partial charge in [0.1, 0.15) is 0 Å². The molecule has 1 aliphatic rings. The maximum atomic E-state index is 12.0. The van der Waals surface area contributed by atoms with Gasteiger partial charge in [0.2, 0.25) is 5.91 Å². The Kier molecular flexibility index (Phi) is 5.77. The zero-order valence-corrected chi connectivity index (χ0v) is 10.7. The van der Waals surface area contributed by atoms with Crippen LogP contribution in [0.3, 0.4) is 0 Å². The molecule has 0 radical (unpaired) electrons. The fourth-order valence-electron chi connectivity index (χ4n) is 1.91. The van der Waals surface area contributed by atoms with Crippen LogP contribution in [0.5, 0.6) is 0 Å².